The molecule has 2 aliphatic heterocycles. The number of hydrogen-bond acceptors (Lipinski definition) is 2. The largest absolute Gasteiger partial charge is 0.328 e. The summed E-state index contributed by atoms with van der Waals surface area (Å²) in [6.45, 7) is 2.19. The topological polar surface area (TPSA) is 3.24 Å². The van der Waals surface area contributed by atoms with E-state index in [-0.39, 0.29) is 29.6 Å². The Balaban J connectivity index is 0.000000605. The molecule has 2 rings (SSSR count). The Kier molecular flexibility index (Phi) is 3.47. The Morgan fingerprint density at radius 2 is 2.55 bits per heavy atom. The quantitative estimate of drug-likeness (QED) is 0.464. The summed E-state index contributed by atoms with van der Waals surface area (Å²) < 4.78 is 0. The number of thioether (sulfide) groups is 1. The maximum absolute atomic E-state index is 5.09. The average molecular weight is 194 g/mol. The van der Waals surface area contributed by atoms with E-state index in [4.69, 9.17) is 12.2 Å². The standard InChI is InChI=1S/C7H9NS2.Na/c1-2-5-4-8-6(9)3-7(8)10-5;/h4,7H,2-3H2,1H3;/t7-;/m1./s1. The molecule has 0 unspecified atom stereocenters. The van der Waals surface area contributed by atoms with E-state index in [1.165, 1.54) is 4.91 Å². The molecule has 0 amide bonds. The molecule has 0 aromatic heterocycles. The van der Waals surface area contributed by atoms with E-state index in [9.17, 15) is 0 Å². The molecule has 1 saturated heterocycles. The second-order valence-electron chi connectivity index (χ2n) is 2.53. The Hall–Kier alpha value is 0.980. The van der Waals surface area contributed by atoms with E-state index in [0.717, 1.165) is 17.8 Å². The summed E-state index contributed by atoms with van der Waals surface area (Å²) in [5, 5.41) is 0.669. The SMILES string of the molecule is CCC1=CN2C(=S)C[C@H]2S1.[Na]. The van der Waals surface area contributed by atoms with Gasteiger partial charge in [-0.25, -0.2) is 0 Å². The van der Waals surface area contributed by atoms with E-state index in [1.54, 1.807) is 0 Å². The number of thiocarbonyl (C=S) groups is 1. The van der Waals surface area contributed by atoms with Crippen molar-refractivity contribution in [2.24, 2.45) is 0 Å². The summed E-state index contributed by atoms with van der Waals surface area (Å²) in [6.07, 6.45) is 4.46. The van der Waals surface area contributed by atoms with Crippen LogP contribution in [-0.2, 0) is 0 Å². The number of allylic oxidation sites excluding steroid dienone is 1. The van der Waals surface area contributed by atoms with Crippen molar-refractivity contribution in [1.82, 2.24) is 4.90 Å². The monoisotopic (exact) mass is 194 g/mol. The average Bonchev–Trinajstić information content (AvgIpc) is 2.26. The van der Waals surface area contributed by atoms with Gasteiger partial charge >= 0.3 is 0 Å². The summed E-state index contributed by atoms with van der Waals surface area (Å²) in [5.74, 6) is 0. The Morgan fingerprint density at radius 1 is 1.82 bits per heavy atom. The zero-order chi connectivity index (χ0) is 7.14. The number of hydrogen-bond donors (Lipinski definition) is 0. The minimum atomic E-state index is 0. The van der Waals surface area contributed by atoms with Gasteiger partial charge in [-0.1, -0.05) is 19.1 Å². The zero-order valence-electron chi connectivity index (χ0n) is 6.83. The van der Waals surface area contributed by atoms with E-state index in [2.05, 4.69) is 18.0 Å². The molecule has 1 radical (unpaired) electrons. The molecular formula is C7H9NNaS2. The van der Waals surface area contributed by atoms with Gasteiger partial charge in [0.1, 0.15) is 0 Å². The van der Waals surface area contributed by atoms with Crippen LogP contribution >= 0.6 is 24.0 Å². The van der Waals surface area contributed by atoms with Crippen molar-refractivity contribution in [3.05, 3.63) is 11.1 Å². The fourth-order valence-electron chi connectivity index (χ4n) is 1.19. The number of nitrogens with zero attached hydrogens (tertiary/aromatic N) is 1. The normalized spacial score (nSPS) is 27.0. The van der Waals surface area contributed by atoms with Crippen molar-refractivity contribution in [3.63, 3.8) is 0 Å². The van der Waals surface area contributed by atoms with Crippen LogP contribution in [-0.4, -0.2) is 44.8 Å². The summed E-state index contributed by atoms with van der Waals surface area (Å²) in [4.78, 5) is 4.80. The minimum Gasteiger partial charge on any atom is -0.328 e. The number of fused-ring (bicyclic) bond motifs is 1. The van der Waals surface area contributed by atoms with Crippen LogP contribution in [0.1, 0.15) is 19.8 Å². The Labute approximate surface area is 98.9 Å². The molecule has 0 aromatic rings. The van der Waals surface area contributed by atoms with Crippen LogP contribution in [0.3, 0.4) is 0 Å². The smallest absolute Gasteiger partial charge is 0.0905 e. The molecule has 4 heteroatoms. The van der Waals surface area contributed by atoms with Crippen LogP contribution in [0.4, 0.5) is 0 Å². The number of rotatable bonds is 1. The van der Waals surface area contributed by atoms with Crippen molar-refractivity contribution in [3.8, 4) is 0 Å². The second kappa shape index (κ2) is 3.79. The van der Waals surface area contributed by atoms with Gasteiger partial charge in [0.2, 0.25) is 0 Å². The van der Waals surface area contributed by atoms with Gasteiger partial charge in [-0.3, -0.25) is 0 Å². The van der Waals surface area contributed by atoms with E-state index < -0.39 is 0 Å². The van der Waals surface area contributed by atoms with Crippen molar-refractivity contribution in [1.29, 1.82) is 0 Å². The van der Waals surface area contributed by atoms with Gasteiger partial charge in [-0.05, 0) is 6.42 Å². The molecule has 0 aliphatic carbocycles. The fourth-order valence-corrected chi connectivity index (χ4v) is 2.93. The first-order valence-corrected chi connectivity index (χ1v) is 4.78. The molecule has 2 heterocycles. The van der Waals surface area contributed by atoms with Crippen molar-refractivity contribution >= 4 is 58.5 Å². The minimum absolute atomic E-state index is 0. The third-order valence-corrected chi connectivity index (χ3v) is 3.61. The maximum Gasteiger partial charge on any atom is 0.0905 e. The fraction of sp³-hybridized carbons (Fsp3) is 0.571. The summed E-state index contributed by atoms with van der Waals surface area (Å²) in [7, 11) is 0. The first-order chi connectivity index (χ1) is 4.81. The first kappa shape index (κ1) is 10.1. The predicted molar refractivity (Wildman–Crippen MR) is 54.6 cm³/mol. The molecule has 0 spiro atoms. The van der Waals surface area contributed by atoms with Gasteiger partial charge in [0.25, 0.3) is 0 Å². The van der Waals surface area contributed by atoms with E-state index in [1.807, 2.05) is 11.8 Å². The van der Waals surface area contributed by atoms with Gasteiger partial charge in [-0.2, -0.15) is 0 Å². The molecule has 0 bridgehead atoms. The third kappa shape index (κ3) is 1.68. The first-order valence-electron chi connectivity index (χ1n) is 3.50. The van der Waals surface area contributed by atoms with Crippen LogP contribution in [0.25, 0.3) is 0 Å². The molecule has 0 N–H and O–H groups in total. The van der Waals surface area contributed by atoms with Crippen molar-refractivity contribution < 1.29 is 0 Å². The molecule has 55 valence electrons. The molecule has 11 heavy (non-hydrogen) atoms. The zero-order valence-corrected chi connectivity index (χ0v) is 10.5. The third-order valence-electron chi connectivity index (χ3n) is 1.87. The van der Waals surface area contributed by atoms with Gasteiger partial charge in [0.15, 0.2) is 0 Å². The summed E-state index contributed by atoms with van der Waals surface area (Å²) in [6, 6.07) is 0. The second-order valence-corrected chi connectivity index (χ2v) is 4.30. The molecule has 0 saturated carbocycles. The Bertz CT molecular complexity index is 214. The van der Waals surface area contributed by atoms with Crippen LogP contribution < -0.4 is 0 Å². The van der Waals surface area contributed by atoms with Crippen LogP contribution in [0.15, 0.2) is 11.1 Å². The van der Waals surface area contributed by atoms with Crippen LogP contribution in [0.5, 0.6) is 0 Å². The summed E-state index contributed by atoms with van der Waals surface area (Å²) in [5.41, 5.74) is 0. The van der Waals surface area contributed by atoms with Crippen molar-refractivity contribution in [2.45, 2.75) is 25.1 Å². The van der Waals surface area contributed by atoms with Gasteiger partial charge < -0.3 is 4.90 Å². The molecule has 2 aliphatic rings. The van der Waals surface area contributed by atoms with Crippen LogP contribution in [0, 0.1) is 0 Å². The van der Waals surface area contributed by atoms with Gasteiger partial charge in [0, 0.05) is 47.1 Å². The molecule has 1 atom stereocenters. The molecular weight excluding hydrogens is 185 g/mol. The van der Waals surface area contributed by atoms with Crippen LogP contribution in [0.2, 0.25) is 0 Å². The van der Waals surface area contributed by atoms with E-state index >= 15 is 0 Å². The van der Waals surface area contributed by atoms with Crippen molar-refractivity contribution in [2.75, 3.05) is 0 Å². The summed E-state index contributed by atoms with van der Waals surface area (Å²) >= 11 is 7.05. The molecule has 0 aromatic carbocycles. The molecule has 1 fully saturated rings. The van der Waals surface area contributed by atoms with Gasteiger partial charge in [0.05, 0.1) is 10.4 Å². The maximum atomic E-state index is 5.09. The van der Waals surface area contributed by atoms with E-state index in [0.29, 0.717) is 5.37 Å². The predicted octanol–water partition coefficient (Wildman–Crippen LogP) is 1.96. The Morgan fingerprint density at radius 3 is 3.00 bits per heavy atom. The van der Waals surface area contributed by atoms with Gasteiger partial charge in [-0.15, -0.1) is 11.8 Å². The molecule has 1 nitrogen and oxygen atoms in total.